The van der Waals surface area contributed by atoms with Crippen LogP contribution in [0.15, 0.2) is 22.6 Å². The van der Waals surface area contributed by atoms with Crippen LogP contribution in [-0.4, -0.2) is 0 Å². The lowest BCUT2D eigenvalue weighted by Crippen LogP contribution is -2.09. The number of furan rings is 1. The van der Waals surface area contributed by atoms with Gasteiger partial charge in [-0.3, -0.25) is 0 Å². The van der Waals surface area contributed by atoms with E-state index < -0.39 is 11.6 Å². The van der Waals surface area contributed by atoms with E-state index in [-0.39, 0.29) is 0 Å². The Bertz CT molecular complexity index is 628. The van der Waals surface area contributed by atoms with Crippen molar-refractivity contribution in [1.82, 2.24) is 0 Å². The molecule has 0 saturated carbocycles. The zero-order valence-corrected chi connectivity index (χ0v) is 11.1. The normalized spacial score (nSPS) is 18.4. The van der Waals surface area contributed by atoms with Gasteiger partial charge >= 0.3 is 0 Å². The fourth-order valence-electron chi connectivity index (χ4n) is 2.84. The second kappa shape index (κ2) is 4.48. The van der Waals surface area contributed by atoms with Gasteiger partial charge in [-0.05, 0) is 48.9 Å². The van der Waals surface area contributed by atoms with Gasteiger partial charge in [0, 0.05) is 12.5 Å². The van der Waals surface area contributed by atoms with Crippen LogP contribution in [0.5, 0.6) is 0 Å². The molecule has 0 spiro atoms. The Hall–Kier alpha value is -1.64. The molecule has 100 valence electrons. The lowest BCUT2D eigenvalue weighted by Gasteiger charge is -2.16. The quantitative estimate of drug-likeness (QED) is 0.728. The molecule has 0 aliphatic heterocycles. The van der Waals surface area contributed by atoms with E-state index in [0.717, 1.165) is 36.7 Å². The van der Waals surface area contributed by atoms with Crippen LogP contribution < -0.4 is 0 Å². The van der Waals surface area contributed by atoms with Gasteiger partial charge in [-0.15, -0.1) is 0 Å². The van der Waals surface area contributed by atoms with Crippen molar-refractivity contribution >= 4 is 0 Å². The number of halogens is 2. The molecule has 19 heavy (non-hydrogen) atoms. The standard InChI is InChI=1S/C16H16F2O/c1-9-3-5-12-10(2)16(19-15(12)7-9)13-6-4-11(17)8-14(13)18/h4,6,8-9H,3,5,7H2,1-2H3. The van der Waals surface area contributed by atoms with Crippen molar-refractivity contribution in [2.24, 2.45) is 5.92 Å². The van der Waals surface area contributed by atoms with E-state index in [4.69, 9.17) is 4.42 Å². The van der Waals surface area contributed by atoms with Crippen LogP contribution in [0.4, 0.5) is 8.78 Å². The zero-order chi connectivity index (χ0) is 13.6. The van der Waals surface area contributed by atoms with Crippen LogP contribution in [-0.2, 0) is 12.8 Å². The third-order valence-electron chi connectivity index (χ3n) is 3.95. The molecule has 0 bridgehead atoms. The fraction of sp³-hybridized carbons (Fsp3) is 0.375. The molecule has 1 aromatic heterocycles. The molecule has 1 atom stereocenters. The highest BCUT2D eigenvalue weighted by atomic mass is 19.1. The molecule has 1 aliphatic carbocycles. The highest BCUT2D eigenvalue weighted by Gasteiger charge is 2.25. The number of fused-ring (bicyclic) bond motifs is 1. The van der Waals surface area contributed by atoms with Crippen molar-refractivity contribution in [1.29, 1.82) is 0 Å². The van der Waals surface area contributed by atoms with Crippen molar-refractivity contribution < 1.29 is 13.2 Å². The van der Waals surface area contributed by atoms with Crippen LogP contribution in [0.1, 0.15) is 30.2 Å². The molecule has 0 fully saturated rings. The van der Waals surface area contributed by atoms with Crippen LogP contribution in [0, 0.1) is 24.5 Å². The topological polar surface area (TPSA) is 13.1 Å². The summed E-state index contributed by atoms with van der Waals surface area (Å²) < 4.78 is 32.7. The molecule has 1 aliphatic rings. The fourth-order valence-corrected chi connectivity index (χ4v) is 2.84. The molecule has 3 heteroatoms. The van der Waals surface area contributed by atoms with Gasteiger partial charge < -0.3 is 4.42 Å². The number of hydrogen-bond acceptors (Lipinski definition) is 1. The highest BCUT2D eigenvalue weighted by Crippen LogP contribution is 2.37. The summed E-state index contributed by atoms with van der Waals surface area (Å²) in [5.74, 6) is 0.988. The van der Waals surface area contributed by atoms with Crippen LogP contribution in [0.3, 0.4) is 0 Å². The lowest BCUT2D eigenvalue weighted by atomic mass is 9.88. The van der Waals surface area contributed by atoms with E-state index in [2.05, 4.69) is 6.92 Å². The van der Waals surface area contributed by atoms with Crippen molar-refractivity contribution in [3.63, 3.8) is 0 Å². The third kappa shape index (κ3) is 2.07. The maximum atomic E-state index is 13.9. The summed E-state index contributed by atoms with van der Waals surface area (Å²) in [6.07, 6.45) is 3.02. The second-order valence-electron chi connectivity index (χ2n) is 5.43. The molecular weight excluding hydrogens is 246 g/mol. The zero-order valence-electron chi connectivity index (χ0n) is 11.1. The van der Waals surface area contributed by atoms with Gasteiger partial charge in [0.2, 0.25) is 0 Å². The first-order valence-corrected chi connectivity index (χ1v) is 6.63. The molecule has 1 aromatic carbocycles. The first kappa shape index (κ1) is 12.4. The summed E-state index contributed by atoms with van der Waals surface area (Å²) in [5.41, 5.74) is 2.55. The van der Waals surface area contributed by atoms with E-state index in [1.807, 2.05) is 6.92 Å². The molecular formula is C16H16F2O. The Morgan fingerprint density at radius 3 is 2.79 bits per heavy atom. The minimum Gasteiger partial charge on any atom is -0.460 e. The molecule has 0 N–H and O–H groups in total. The van der Waals surface area contributed by atoms with E-state index >= 15 is 0 Å². The first-order valence-electron chi connectivity index (χ1n) is 6.63. The van der Waals surface area contributed by atoms with Crippen LogP contribution in [0.25, 0.3) is 11.3 Å². The Balaban J connectivity index is 2.11. The SMILES string of the molecule is Cc1c(-c2ccc(F)cc2F)oc2c1CCC(C)C2. The van der Waals surface area contributed by atoms with E-state index in [9.17, 15) is 8.78 Å². The minimum atomic E-state index is -0.567. The maximum absolute atomic E-state index is 13.9. The van der Waals surface area contributed by atoms with Crippen molar-refractivity contribution in [2.45, 2.75) is 33.1 Å². The van der Waals surface area contributed by atoms with Gasteiger partial charge in [0.15, 0.2) is 0 Å². The Morgan fingerprint density at radius 2 is 2.05 bits per heavy atom. The highest BCUT2D eigenvalue weighted by molar-refractivity contribution is 5.64. The summed E-state index contributed by atoms with van der Waals surface area (Å²) in [4.78, 5) is 0. The van der Waals surface area contributed by atoms with Gasteiger partial charge in [-0.1, -0.05) is 6.92 Å². The van der Waals surface area contributed by atoms with E-state index in [1.54, 1.807) is 0 Å². The summed E-state index contributed by atoms with van der Waals surface area (Å²) >= 11 is 0. The van der Waals surface area contributed by atoms with Gasteiger partial charge in [0.05, 0.1) is 5.56 Å². The number of rotatable bonds is 1. The molecule has 0 amide bonds. The van der Waals surface area contributed by atoms with Crippen molar-refractivity contribution in [3.8, 4) is 11.3 Å². The predicted octanol–water partition coefficient (Wildman–Crippen LogP) is 4.66. The summed E-state index contributed by atoms with van der Waals surface area (Å²) in [7, 11) is 0. The van der Waals surface area contributed by atoms with Crippen LogP contribution in [0.2, 0.25) is 0 Å². The minimum absolute atomic E-state index is 0.348. The van der Waals surface area contributed by atoms with E-state index in [0.29, 0.717) is 17.2 Å². The first-order chi connectivity index (χ1) is 9.06. The maximum Gasteiger partial charge on any atom is 0.140 e. The lowest BCUT2D eigenvalue weighted by molar-refractivity contribution is 0.417. The average molecular weight is 262 g/mol. The van der Waals surface area contributed by atoms with E-state index in [1.165, 1.54) is 17.7 Å². The molecule has 1 unspecified atom stereocenters. The molecule has 1 heterocycles. The number of hydrogen-bond donors (Lipinski definition) is 0. The largest absolute Gasteiger partial charge is 0.460 e. The average Bonchev–Trinajstić information content (AvgIpc) is 2.66. The van der Waals surface area contributed by atoms with Gasteiger partial charge in [-0.2, -0.15) is 0 Å². The Morgan fingerprint density at radius 1 is 1.26 bits per heavy atom. The van der Waals surface area contributed by atoms with Gasteiger partial charge in [-0.25, -0.2) is 8.78 Å². The van der Waals surface area contributed by atoms with Gasteiger partial charge in [0.25, 0.3) is 0 Å². The Kier molecular flexibility index (Phi) is 2.92. The smallest absolute Gasteiger partial charge is 0.140 e. The third-order valence-corrected chi connectivity index (χ3v) is 3.95. The molecule has 3 rings (SSSR count). The van der Waals surface area contributed by atoms with Crippen molar-refractivity contribution in [3.05, 3.63) is 46.7 Å². The predicted molar refractivity (Wildman–Crippen MR) is 70.0 cm³/mol. The molecule has 0 saturated heterocycles. The molecule has 2 aromatic rings. The molecule has 0 radical (unpaired) electrons. The Labute approximate surface area is 111 Å². The molecule has 1 nitrogen and oxygen atoms in total. The summed E-state index contributed by atoms with van der Waals surface area (Å²) in [6.45, 7) is 4.15. The monoisotopic (exact) mass is 262 g/mol. The second-order valence-corrected chi connectivity index (χ2v) is 5.43. The summed E-state index contributed by atoms with van der Waals surface area (Å²) in [5, 5.41) is 0. The van der Waals surface area contributed by atoms with Crippen molar-refractivity contribution in [2.75, 3.05) is 0 Å². The number of benzene rings is 1. The van der Waals surface area contributed by atoms with Gasteiger partial charge in [0.1, 0.15) is 23.2 Å². The van der Waals surface area contributed by atoms with Crippen LogP contribution >= 0.6 is 0 Å². The summed E-state index contributed by atoms with van der Waals surface area (Å²) in [6, 6.07) is 3.62.